The van der Waals surface area contributed by atoms with E-state index in [1.165, 1.54) is 23.9 Å². The second kappa shape index (κ2) is 11.5. The molecule has 0 aliphatic carbocycles. The molecule has 1 N–H and O–H groups in total. The summed E-state index contributed by atoms with van der Waals surface area (Å²) in [7, 11) is -2.44. The van der Waals surface area contributed by atoms with E-state index < -0.39 is 10.0 Å². The Balaban J connectivity index is 1.76. The number of ether oxygens (including phenoxy) is 1. The molecule has 2 saturated heterocycles. The molecule has 0 radical (unpaired) electrons. The van der Waals surface area contributed by atoms with Crippen LogP contribution in [-0.2, 0) is 14.8 Å². The SMILES string of the molecule is COc1ccc(Cl)cc1S(=O)(=O)N(CCC(=O)N1CCNCC1)CCN1CCCCC1. The van der Waals surface area contributed by atoms with Gasteiger partial charge >= 0.3 is 0 Å². The van der Waals surface area contributed by atoms with Crippen molar-refractivity contribution in [1.82, 2.24) is 19.4 Å². The van der Waals surface area contributed by atoms with Gasteiger partial charge in [-0.3, -0.25) is 4.79 Å². The number of piperidine rings is 1. The maximum absolute atomic E-state index is 13.6. The summed E-state index contributed by atoms with van der Waals surface area (Å²) in [5.41, 5.74) is 0. The Morgan fingerprint density at radius 3 is 2.52 bits per heavy atom. The number of benzene rings is 1. The van der Waals surface area contributed by atoms with Crippen LogP contribution in [0.4, 0.5) is 0 Å². The number of amides is 1. The molecule has 2 aliphatic rings. The van der Waals surface area contributed by atoms with E-state index in [0.717, 1.165) is 39.0 Å². The van der Waals surface area contributed by atoms with Crippen molar-refractivity contribution in [3.8, 4) is 5.75 Å². The van der Waals surface area contributed by atoms with E-state index in [0.29, 0.717) is 31.2 Å². The summed E-state index contributed by atoms with van der Waals surface area (Å²) in [4.78, 5) is 16.8. The van der Waals surface area contributed by atoms with Crippen LogP contribution in [0.5, 0.6) is 5.75 Å². The van der Waals surface area contributed by atoms with Crippen molar-refractivity contribution in [1.29, 1.82) is 0 Å². The van der Waals surface area contributed by atoms with Gasteiger partial charge in [0.1, 0.15) is 10.6 Å². The van der Waals surface area contributed by atoms with Crippen molar-refractivity contribution in [2.24, 2.45) is 0 Å². The number of hydrogen-bond acceptors (Lipinski definition) is 6. The molecule has 0 spiro atoms. The fourth-order valence-corrected chi connectivity index (χ4v) is 5.92. The molecule has 31 heavy (non-hydrogen) atoms. The summed E-state index contributed by atoms with van der Waals surface area (Å²) in [6, 6.07) is 4.58. The minimum Gasteiger partial charge on any atom is -0.495 e. The van der Waals surface area contributed by atoms with Crippen LogP contribution in [0.2, 0.25) is 5.02 Å². The number of likely N-dealkylation sites (tertiary alicyclic amines) is 1. The first-order chi connectivity index (χ1) is 14.9. The molecule has 1 aromatic carbocycles. The molecule has 0 atom stereocenters. The molecule has 3 rings (SSSR count). The first-order valence-electron chi connectivity index (χ1n) is 11.0. The van der Waals surface area contributed by atoms with E-state index in [-0.39, 0.29) is 29.5 Å². The third-order valence-corrected chi connectivity index (χ3v) is 8.06. The summed E-state index contributed by atoms with van der Waals surface area (Å²) in [5, 5.41) is 3.55. The number of piperazine rings is 1. The summed E-state index contributed by atoms with van der Waals surface area (Å²) >= 11 is 6.10. The lowest BCUT2D eigenvalue weighted by atomic mass is 10.1. The van der Waals surface area contributed by atoms with Crippen molar-refractivity contribution in [2.75, 3.05) is 66.0 Å². The quantitative estimate of drug-likeness (QED) is 0.588. The summed E-state index contributed by atoms with van der Waals surface area (Å²) in [6.07, 6.45) is 3.65. The zero-order chi connectivity index (χ0) is 22.3. The Morgan fingerprint density at radius 2 is 1.84 bits per heavy atom. The number of nitrogens with zero attached hydrogens (tertiary/aromatic N) is 3. The Hall–Kier alpha value is -1.39. The van der Waals surface area contributed by atoms with Gasteiger partial charge in [0, 0.05) is 57.3 Å². The normalized spacial score (nSPS) is 18.4. The molecule has 8 nitrogen and oxygen atoms in total. The van der Waals surface area contributed by atoms with Crippen LogP contribution in [0.3, 0.4) is 0 Å². The molecular formula is C21H33ClN4O4S. The van der Waals surface area contributed by atoms with Crippen molar-refractivity contribution < 1.29 is 17.9 Å². The number of carbonyl (C=O) groups is 1. The molecule has 1 aromatic rings. The third kappa shape index (κ3) is 6.55. The molecule has 0 bridgehead atoms. The number of carbonyl (C=O) groups excluding carboxylic acids is 1. The number of sulfonamides is 1. The average Bonchev–Trinajstić information content (AvgIpc) is 2.80. The predicted octanol–water partition coefficient (Wildman–Crippen LogP) is 1.65. The second-order valence-corrected chi connectivity index (χ2v) is 10.3. The van der Waals surface area contributed by atoms with Crippen LogP contribution in [0, 0.1) is 0 Å². The number of rotatable bonds is 9. The predicted molar refractivity (Wildman–Crippen MR) is 121 cm³/mol. The first kappa shape index (κ1) is 24.3. The minimum atomic E-state index is -3.88. The van der Waals surface area contributed by atoms with Crippen LogP contribution in [0.1, 0.15) is 25.7 Å². The van der Waals surface area contributed by atoms with E-state index in [1.807, 2.05) is 0 Å². The molecule has 1 amide bonds. The van der Waals surface area contributed by atoms with Crippen molar-refractivity contribution in [2.45, 2.75) is 30.6 Å². The minimum absolute atomic E-state index is 0.0160. The van der Waals surface area contributed by atoms with Gasteiger partial charge in [0.15, 0.2) is 0 Å². The van der Waals surface area contributed by atoms with Gasteiger partial charge < -0.3 is 19.9 Å². The molecule has 10 heteroatoms. The van der Waals surface area contributed by atoms with Crippen molar-refractivity contribution >= 4 is 27.5 Å². The van der Waals surface area contributed by atoms with Gasteiger partial charge in [0.05, 0.1) is 7.11 Å². The highest BCUT2D eigenvalue weighted by Crippen LogP contribution is 2.30. The van der Waals surface area contributed by atoms with Gasteiger partial charge in [-0.15, -0.1) is 0 Å². The summed E-state index contributed by atoms with van der Waals surface area (Å²) in [6.45, 7) is 5.90. The lowest BCUT2D eigenvalue weighted by Crippen LogP contribution is -2.47. The lowest BCUT2D eigenvalue weighted by Gasteiger charge is -2.31. The Kier molecular flexibility index (Phi) is 8.97. The van der Waals surface area contributed by atoms with Gasteiger partial charge in [-0.2, -0.15) is 4.31 Å². The number of methoxy groups -OCH3 is 1. The summed E-state index contributed by atoms with van der Waals surface area (Å²) in [5.74, 6) is 0.235. The Bertz CT molecular complexity index is 840. The molecular weight excluding hydrogens is 440 g/mol. The van der Waals surface area contributed by atoms with E-state index in [9.17, 15) is 13.2 Å². The first-order valence-corrected chi connectivity index (χ1v) is 12.8. The largest absolute Gasteiger partial charge is 0.495 e. The van der Waals surface area contributed by atoms with Crippen LogP contribution < -0.4 is 10.1 Å². The topological polar surface area (TPSA) is 82.2 Å². The van der Waals surface area contributed by atoms with E-state index in [1.54, 1.807) is 17.0 Å². The van der Waals surface area contributed by atoms with Crippen molar-refractivity contribution in [3.05, 3.63) is 23.2 Å². The highest BCUT2D eigenvalue weighted by atomic mass is 35.5. The Labute approximate surface area is 190 Å². The zero-order valence-corrected chi connectivity index (χ0v) is 19.8. The second-order valence-electron chi connectivity index (χ2n) is 7.98. The number of nitrogens with one attached hydrogen (secondary N) is 1. The maximum Gasteiger partial charge on any atom is 0.246 e. The standard InChI is InChI=1S/C21H33ClN4O4S/c1-30-19-6-5-18(22)17-20(19)31(28,29)26(16-15-24-10-3-2-4-11-24)12-7-21(27)25-13-8-23-9-14-25/h5-6,17,23H,2-4,7-16H2,1H3. The fourth-order valence-electron chi connectivity index (χ4n) is 4.07. The maximum atomic E-state index is 13.6. The number of hydrogen-bond donors (Lipinski definition) is 1. The molecule has 0 unspecified atom stereocenters. The molecule has 174 valence electrons. The molecule has 0 aromatic heterocycles. The van der Waals surface area contributed by atoms with Gasteiger partial charge in [-0.1, -0.05) is 18.0 Å². The zero-order valence-electron chi connectivity index (χ0n) is 18.2. The van der Waals surface area contributed by atoms with E-state index in [2.05, 4.69) is 10.2 Å². The highest BCUT2D eigenvalue weighted by Gasteiger charge is 2.30. The van der Waals surface area contributed by atoms with Crippen LogP contribution in [0.25, 0.3) is 0 Å². The van der Waals surface area contributed by atoms with Crippen molar-refractivity contribution in [3.63, 3.8) is 0 Å². The van der Waals surface area contributed by atoms with Crippen LogP contribution in [0.15, 0.2) is 23.1 Å². The van der Waals surface area contributed by atoms with Crippen LogP contribution >= 0.6 is 11.6 Å². The average molecular weight is 473 g/mol. The van der Waals surface area contributed by atoms with Gasteiger partial charge in [0.2, 0.25) is 15.9 Å². The molecule has 2 aliphatic heterocycles. The molecule has 2 heterocycles. The van der Waals surface area contributed by atoms with Gasteiger partial charge in [0.25, 0.3) is 0 Å². The summed E-state index contributed by atoms with van der Waals surface area (Å²) < 4.78 is 33.8. The molecule has 2 fully saturated rings. The molecule has 0 saturated carbocycles. The van der Waals surface area contributed by atoms with Gasteiger partial charge in [-0.05, 0) is 44.1 Å². The van der Waals surface area contributed by atoms with Gasteiger partial charge in [-0.25, -0.2) is 8.42 Å². The lowest BCUT2D eigenvalue weighted by molar-refractivity contribution is -0.131. The highest BCUT2D eigenvalue weighted by molar-refractivity contribution is 7.89. The van der Waals surface area contributed by atoms with E-state index >= 15 is 0 Å². The third-order valence-electron chi connectivity index (χ3n) is 5.90. The fraction of sp³-hybridized carbons (Fsp3) is 0.667. The monoisotopic (exact) mass is 472 g/mol. The smallest absolute Gasteiger partial charge is 0.246 e. The van der Waals surface area contributed by atoms with Crippen LogP contribution in [-0.4, -0.2) is 94.4 Å². The number of halogens is 1. The van der Waals surface area contributed by atoms with E-state index in [4.69, 9.17) is 16.3 Å². The Morgan fingerprint density at radius 1 is 1.13 bits per heavy atom.